The molecule has 0 aromatic heterocycles. The van der Waals surface area contributed by atoms with Gasteiger partial charge in [-0.15, -0.1) is 0 Å². The maximum atomic E-state index is 12.0. The first-order chi connectivity index (χ1) is 16.2. The van der Waals surface area contributed by atoms with E-state index in [1.54, 1.807) is 19.4 Å². The molecule has 0 saturated carbocycles. The zero-order valence-corrected chi connectivity index (χ0v) is 19.1. The summed E-state index contributed by atoms with van der Waals surface area (Å²) < 4.78 is 16.8. The molecule has 0 aliphatic carbocycles. The highest BCUT2D eigenvalue weighted by Crippen LogP contribution is 2.28. The number of hydrogen-bond donors (Lipinski definition) is 1. The van der Waals surface area contributed by atoms with Gasteiger partial charge in [-0.1, -0.05) is 55.8 Å². The highest BCUT2D eigenvalue weighted by molar-refractivity contribution is 5.83. The summed E-state index contributed by atoms with van der Waals surface area (Å²) in [5.74, 6) is 1.55. The van der Waals surface area contributed by atoms with E-state index in [0.29, 0.717) is 23.9 Å². The summed E-state index contributed by atoms with van der Waals surface area (Å²) in [6.07, 6.45) is 4.93. The molecule has 1 amide bonds. The lowest BCUT2D eigenvalue weighted by atomic mass is 10.1. The maximum absolute atomic E-state index is 12.0. The summed E-state index contributed by atoms with van der Waals surface area (Å²) in [5, 5.41) is 4.00. The van der Waals surface area contributed by atoms with Gasteiger partial charge in [0, 0.05) is 0 Å². The first-order valence-corrected chi connectivity index (χ1v) is 11.1. The predicted molar refractivity (Wildman–Crippen MR) is 130 cm³/mol. The van der Waals surface area contributed by atoms with E-state index in [1.807, 2.05) is 66.7 Å². The summed E-state index contributed by atoms with van der Waals surface area (Å²) in [5.41, 5.74) is 5.58. The molecular formula is C27H30N2O4. The van der Waals surface area contributed by atoms with Crippen LogP contribution in [0, 0.1) is 0 Å². The normalized spacial score (nSPS) is 10.7. The Morgan fingerprint density at radius 2 is 1.73 bits per heavy atom. The van der Waals surface area contributed by atoms with E-state index in [4.69, 9.17) is 14.2 Å². The minimum absolute atomic E-state index is 0.110. The van der Waals surface area contributed by atoms with Gasteiger partial charge in [0.05, 0.1) is 13.3 Å². The third kappa shape index (κ3) is 8.00. The van der Waals surface area contributed by atoms with Crippen LogP contribution in [0.25, 0.3) is 0 Å². The highest BCUT2D eigenvalue weighted by atomic mass is 16.5. The average molecular weight is 447 g/mol. The fourth-order valence-electron chi connectivity index (χ4n) is 3.11. The molecule has 172 valence electrons. The largest absolute Gasteiger partial charge is 0.493 e. The fraction of sp³-hybridized carbons (Fsp3) is 0.259. The van der Waals surface area contributed by atoms with E-state index in [1.165, 1.54) is 5.56 Å². The maximum Gasteiger partial charge on any atom is 0.277 e. The molecular weight excluding hydrogens is 416 g/mol. The van der Waals surface area contributed by atoms with Gasteiger partial charge in [-0.3, -0.25) is 4.79 Å². The molecule has 0 unspecified atom stereocenters. The third-order valence-corrected chi connectivity index (χ3v) is 4.94. The third-order valence-electron chi connectivity index (χ3n) is 4.94. The number of benzene rings is 3. The van der Waals surface area contributed by atoms with Gasteiger partial charge in [-0.25, -0.2) is 5.43 Å². The van der Waals surface area contributed by atoms with Crippen LogP contribution in [0.1, 0.15) is 36.5 Å². The zero-order valence-electron chi connectivity index (χ0n) is 19.1. The standard InChI is InChI=1S/C27H30N2O4/c1-3-4-8-21-11-14-24(15-12-21)32-20-27(30)29-28-18-23-13-16-25(26(17-23)31-2)33-19-22-9-6-5-7-10-22/h5-7,9-18H,3-4,8,19-20H2,1-2H3,(H,29,30). The highest BCUT2D eigenvalue weighted by Gasteiger charge is 2.06. The molecule has 6 nitrogen and oxygen atoms in total. The van der Waals surface area contributed by atoms with Crippen LogP contribution in [-0.4, -0.2) is 25.8 Å². The summed E-state index contributed by atoms with van der Waals surface area (Å²) in [6.45, 7) is 2.51. The van der Waals surface area contributed by atoms with Crippen LogP contribution in [0.4, 0.5) is 0 Å². The van der Waals surface area contributed by atoms with E-state index in [0.717, 1.165) is 30.4 Å². The smallest absolute Gasteiger partial charge is 0.277 e. The number of unbranched alkanes of at least 4 members (excludes halogenated alkanes) is 1. The Hall–Kier alpha value is -3.80. The van der Waals surface area contributed by atoms with Crippen molar-refractivity contribution in [2.45, 2.75) is 32.8 Å². The van der Waals surface area contributed by atoms with Crippen LogP contribution in [0.3, 0.4) is 0 Å². The van der Waals surface area contributed by atoms with Crippen LogP contribution in [-0.2, 0) is 17.8 Å². The van der Waals surface area contributed by atoms with Crippen LogP contribution in [0.5, 0.6) is 17.2 Å². The minimum Gasteiger partial charge on any atom is -0.493 e. The molecule has 0 atom stereocenters. The summed E-state index contributed by atoms with van der Waals surface area (Å²) in [7, 11) is 1.58. The fourth-order valence-corrected chi connectivity index (χ4v) is 3.11. The van der Waals surface area contributed by atoms with Crippen molar-refractivity contribution in [3.8, 4) is 17.2 Å². The van der Waals surface area contributed by atoms with Crippen molar-refractivity contribution in [3.05, 3.63) is 89.5 Å². The topological polar surface area (TPSA) is 69.2 Å². The van der Waals surface area contributed by atoms with Gasteiger partial charge < -0.3 is 14.2 Å². The Balaban J connectivity index is 1.46. The van der Waals surface area contributed by atoms with Crippen molar-refractivity contribution in [2.24, 2.45) is 5.10 Å². The molecule has 0 spiro atoms. The molecule has 0 aliphatic heterocycles. The number of aryl methyl sites for hydroxylation is 1. The average Bonchev–Trinajstić information content (AvgIpc) is 2.86. The lowest BCUT2D eigenvalue weighted by Crippen LogP contribution is -2.24. The molecule has 3 aromatic rings. The van der Waals surface area contributed by atoms with E-state index >= 15 is 0 Å². The minimum atomic E-state index is -0.337. The van der Waals surface area contributed by atoms with Crippen molar-refractivity contribution < 1.29 is 19.0 Å². The van der Waals surface area contributed by atoms with Crippen molar-refractivity contribution in [3.63, 3.8) is 0 Å². The molecule has 33 heavy (non-hydrogen) atoms. The van der Waals surface area contributed by atoms with E-state index in [9.17, 15) is 4.79 Å². The molecule has 0 aliphatic rings. The monoisotopic (exact) mass is 446 g/mol. The number of hydrazone groups is 1. The number of hydrogen-bond acceptors (Lipinski definition) is 5. The Labute approximate surface area is 195 Å². The van der Waals surface area contributed by atoms with Crippen molar-refractivity contribution >= 4 is 12.1 Å². The van der Waals surface area contributed by atoms with Crippen LogP contribution < -0.4 is 19.6 Å². The number of nitrogens with one attached hydrogen (secondary N) is 1. The molecule has 1 N–H and O–H groups in total. The van der Waals surface area contributed by atoms with Gasteiger partial charge in [0.15, 0.2) is 18.1 Å². The molecule has 0 saturated heterocycles. The van der Waals surface area contributed by atoms with Gasteiger partial charge in [-0.2, -0.15) is 5.10 Å². The molecule has 0 fully saturated rings. The number of amides is 1. The van der Waals surface area contributed by atoms with Crippen LogP contribution in [0.2, 0.25) is 0 Å². The van der Waals surface area contributed by atoms with Crippen molar-refractivity contribution in [1.82, 2.24) is 5.43 Å². The lowest BCUT2D eigenvalue weighted by molar-refractivity contribution is -0.123. The van der Waals surface area contributed by atoms with Crippen LogP contribution >= 0.6 is 0 Å². The number of carbonyl (C=O) groups is 1. The van der Waals surface area contributed by atoms with Crippen molar-refractivity contribution in [1.29, 1.82) is 0 Å². The quantitative estimate of drug-likeness (QED) is 0.309. The Morgan fingerprint density at radius 1 is 0.939 bits per heavy atom. The van der Waals surface area contributed by atoms with Gasteiger partial charge in [-0.05, 0) is 59.9 Å². The predicted octanol–water partition coefficient (Wildman–Crippen LogP) is 5.15. The first kappa shape index (κ1) is 23.9. The SMILES string of the molecule is CCCCc1ccc(OCC(=O)NN=Cc2ccc(OCc3ccccc3)c(OC)c2)cc1. The van der Waals surface area contributed by atoms with Gasteiger partial charge in [0.2, 0.25) is 0 Å². The number of rotatable bonds is 12. The second-order valence-corrected chi connectivity index (χ2v) is 7.51. The second kappa shape index (κ2) is 12.9. The Kier molecular flexibility index (Phi) is 9.33. The number of carbonyl (C=O) groups excluding carboxylic acids is 1. The molecule has 0 bridgehead atoms. The van der Waals surface area contributed by atoms with E-state index in [-0.39, 0.29) is 12.5 Å². The second-order valence-electron chi connectivity index (χ2n) is 7.51. The summed E-state index contributed by atoms with van der Waals surface area (Å²) in [6, 6.07) is 23.2. The van der Waals surface area contributed by atoms with Gasteiger partial charge >= 0.3 is 0 Å². The molecule has 3 aromatic carbocycles. The Bertz CT molecular complexity index is 1030. The van der Waals surface area contributed by atoms with E-state index < -0.39 is 0 Å². The molecule has 0 radical (unpaired) electrons. The Morgan fingerprint density at radius 3 is 2.45 bits per heavy atom. The summed E-state index contributed by atoms with van der Waals surface area (Å²) in [4.78, 5) is 12.0. The summed E-state index contributed by atoms with van der Waals surface area (Å²) >= 11 is 0. The van der Waals surface area contributed by atoms with Crippen molar-refractivity contribution in [2.75, 3.05) is 13.7 Å². The molecule has 3 rings (SSSR count). The van der Waals surface area contributed by atoms with E-state index in [2.05, 4.69) is 17.5 Å². The van der Waals surface area contributed by atoms with Gasteiger partial charge in [0.25, 0.3) is 5.91 Å². The number of nitrogens with zero attached hydrogens (tertiary/aromatic N) is 1. The molecule has 6 heteroatoms. The zero-order chi connectivity index (χ0) is 23.3. The number of methoxy groups -OCH3 is 1. The van der Waals surface area contributed by atoms with Crippen LogP contribution in [0.15, 0.2) is 77.9 Å². The lowest BCUT2D eigenvalue weighted by Gasteiger charge is -2.11. The number of ether oxygens (including phenoxy) is 3. The van der Waals surface area contributed by atoms with Gasteiger partial charge in [0.1, 0.15) is 12.4 Å². The molecule has 0 heterocycles. The first-order valence-electron chi connectivity index (χ1n) is 11.1.